The fourth-order valence-electron chi connectivity index (χ4n) is 0.931. The lowest BCUT2D eigenvalue weighted by atomic mass is 10.4. The van der Waals surface area contributed by atoms with Crippen LogP contribution in [0.3, 0.4) is 0 Å². The normalized spacial score (nSPS) is 10.3. The Kier molecular flexibility index (Phi) is 5.09. The lowest BCUT2D eigenvalue weighted by Crippen LogP contribution is -2.15. The van der Waals surface area contributed by atoms with Crippen LogP contribution in [-0.2, 0) is 4.74 Å². The molecule has 0 radical (unpaired) electrons. The molecular weight excluding hydrogens is 222 g/mol. The fraction of sp³-hybridized carbons (Fsp3) is 0.500. The van der Waals surface area contributed by atoms with Crippen molar-refractivity contribution in [1.29, 1.82) is 0 Å². The van der Waals surface area contributed by atoms with Gasteiger partial charge < -0.3 is 15.2 Å². The zero-order chi connectivity index (χ0) is 11.1. The van der Waals surface area contributed by atoms with Crippen LogP contribution >= 0.6 is 11.6 Å². The number of rotatable bonds is 6. The van der Waals surface area contributed by atoms with Crippen molar-refractivity contribution in [3.05, 3.63) is 21.6 Å². The number of aromatic amines is 1. The van der Waals surface area contributed by atoms with Crippen molar-refractivity contribution >= 4 is 17.3 Å². The Morgan fingerprint density at radius 3 is 3.13 bits per heavy atom. The lowest BCUT2D eigenvalue weighted by Gasteiger charge is -2.06. The molecule has 0 aliphatic carbocycles. The van der Waals surface area contributed by atoms with Crippen molar-refractivity contribution in [2.24, 2.45) is 0 Å². The second kappa shape index (κ2) is 6.39. The van der Waals surface area contributed by atoms with Gasteiger partial charge in [0, 0.05) is 6.54 Å². The van der Waals surface area contributed by atoms with Crippen LogP contribution in [0.2, 0.25) is 5.02 Å². The predicted molar refractivity (Wildman–Crippen MR) is 56.3 cm³/mol. The van der Waals surface area contributed by atoms with Gasteiger partial charge in [0.15, 0.2) is 0 Å². The van der Waals surface area contributed by atoms with Crippen LogP contribution in [0, 0.1) is 0 Å². The Bertz CT molecular complexity index is 355. The number of nitrogens with one attached hydrogen (secondary N) is 2. The van der Waals surface area contributed by atoms with Gasteiger partial charge in [0.25, 0.3) is 5.56 Å². The van der Waals surface area contributed by atoms with E-state index in [2.05, 4.69) is 15.5 Å². The maximum Gasteiger partial charge on any atom is 0.285 e. The van der Waals surface area contributed by atoms with E-state index in [1.54, 1.807) is 0 Å². The van der Waals surface area contributed by atoms with Gasteiger partial charge in [0.1, 0.15) is 5.02 Å². The summed E-state index contributed by atoms with van der Waals surface area (Å²) < 4.78 is 5.01. The number of nitrogens with zero attached hydrogens (tertiary/aromatic N) is 1. The molecule has 0 saturated carbocycles. The monoisotopic (exact) mass is 233 g/mol. The lowest BCUT2D eigenvalue weighted by molar-refractivity contribution is 0.0992. The molecule has 1 rings (SSSR count). The molecule has 7 heteroatoms. The van der Waals surface area contributed by atoms with Crippen molar-refractivity contribution in [1.82, 2.24) is 10.2 Å². The molecule has 0 saturated heterocycles. The summed E-state index contributed by atoms with van der Waals surface area (Å²) in [6.07, 6.45) is 1.43. The minimum Gasteiger partial charge on any atom is -0.394 e. The molecule has 0 amide bonds. The number of ether oxygens (including phenoxy) is 1. The first-order chi connectivity index (χ1) is 7.25. The molecule has 0 aliphatic heterocycles. The number of hydrogen-bond acceptors (Lipinski definition) is 5. The van der Waals surface area contributed by atoms with E-state index in [4.69, 9.17) is 21.4 Å². The molecule has 0 bridgehead atoms. The fourth-order valence-corrected chi connectivity index (χ4v) is 1.09. The van der Waals surface area contributed by atoms with Gasteiger partial charge in [-0.05, 0) is 0 Å². The zero-order valence-corrected chi connectivity index (χ0v) is 8.75. The Labute approximate surface area is 91.2 Å². The summed E-state index contributed by atoms with van der Waals surface area (Å²) >= 11 is 5.71. The molecule has 0 spiro atoms. The molecular formula is C8H12ClN3O3. The summed E-state index contributed by atoms with van der Waals surface area (Å²) in [6, 6.07) is 0. The van der Waals surface area contributed by atoms with Gasteiger partial charge in [-0.3, -0.25) is 4.79 Å². The van der Waals surface area contributed by atoms with Crippen LogP contribution in [0.5, 0.6) is 0 Å². The quantitative estimate of drug-likeness (QED) is 0.595. The average Bonchev–Trinajstić information content (AvgIpc) is 2.24. The topological polar surface area (TPSA) is 87.2 Å². The first-order valence-electron chi connectivity index (χ1n) is 4.41. The highest BCUT2D eigenvalue weighted by Gasteiger charge is 2.03. The molecule has 0 unspecified atom stereocenters. The molecule has 0 atom stereocenters. The number of aromatic nitrogens is 2. The van der Waals surface area contributed by atoms with Crippen molar-refractivity contribution in [3.63, 3.8) is 0 Å². The third-order valence-corrected chi connectivity index (χ3v) is 1.97. The molecule has 0 fully saturated rings. The minimum atomic E-state index is -0.432. The third-order valence-electron chi connectivity index (χ3n) is 1.59. The molecule has 0 aliphatic rings. The number of hydrogen-bond donors (Lipinski definition) is 3. The van der Waals surface area contributed by atoms with E-state index in [0.717, 1.165) is 0 Å². The van der Waals surface area contributed by atoms with Gasteiger partial charge in [-0.2, -0.15) is 5.10 Å². The third kappa shape index (κ3) is 3.86. The molecule has 84 valence electrons. The highest BCUT2D eigenvalue weighted by Crippen LogP contribution is 2.13. The van der Waals surface area contributed by atoms with Gasteiger partial charge in [0.2, 0.25) is 0 Å². The number of H-pyrrole nitrogens is 1. The summed E-state index contributed by atoms with van der Waals surface area (Å²) in [5, 5.41) is 17.2. The molecule has 1 heterocycles. The van der Waals surface area contributed by atoms with Gasteiger partial charge in [-0.25, -0.2) is 5.10 Å². The highest BCUT2D eigenvalue weighted by atomic mass is 35.5. The molecule has 15 heavy (non-hydrogen) atoms. The first kappa shape index (κ1) is 12.0. The predicted octanol–water partition coefficient (Wildman–Crippen LogP) is -0.156. The van der Waals surface area contributed by atoms with Crippen molar-refractivity contribution in [3.8, 4) is 0 Å². The summed E-state index contributed by atoms with van der Waals surface area (Å²) in [5.41, 5.74) is 0.0333. The number of aliphatic hydroxyl groups is 1. The Morgan fingerprint density at radius 2 is 2.40 bits per heavy atom. The van der Waals surface area contributed by atoms with Crippen molar-refractivity contribution < 1.29 is 9.84 Å². The second-order valence-corrected chi connectivity index (χ2v) is 3.07. The van der Waals surface area contributed by atoms with E-state index in [-0.39, 0.29) is 11.6 Å². The van der Waals surface area contributed by atoms with E-state index in [9.17, 15) is 4.79 Å². The zero-order valence-electron chi connectivity index (χ0n) is 7.99. The SMILES string of the molecule is O=c1[nH]ncc(NCCOCCO)c1Cl. The van der Waals surface area contributed by atoms with Crippen LogP contribution in [-0.4, -0.2) is 41.7 Å². The minimum absolute atomic E-state index is 0.00663. The molecule has 0 aromatic carbocycles. The number of halogens is 1. The average molecular weight is 234 g/mol. The Balaban J connectivity index is 2.38. The molecule has 1 aromatic rings. The number of aliphatic hydroxyl groups excluding tert-OH is 1. The first-order valence-corrected chi connectivity index (χ1v) is 4.79. The standard InChI is InChI=1S/C8H12ClN3O3/c9-7-6(5-11-12-8(7)14)10-1-3-15-4-2-13/h5,13H,1-4H2,(H2,10,12,14). The van der Waals surface area contributed by atoms with Crippen LogP contribution in [0.15, 0.2) is 11.0 Å². The smallest absolute Gasteiger partial charge is 0.285 e. The highest BCUT2D eigenvalue weighted by molar-refractivity contribution is 6.32. The summed E-state index contributed by atoms with van der Waals surface area (Å²) in [4.78, 5) is 11.0. The Hall–Kier alpha value is -1.11. The summed E-state index contributed by atoms with van der Waals surface area (Å²) in [5.74, 6) is 0. The van der Waals surface area contributed by atoms with E-state index in [0.29, 0.717) is 25.4 Å². The van der Waals surface area contributed by atoms with Gasteiger partial charge in [-0.1, -0.05) is 11.6 Å². The van der Waals surface area contributed by atoms with Gasteiger partial charge in [-0.15, -0.1) is 0 Å². The van der Waals surface area contributed by atoms with Crippen LogP contribution < -0.4 is 10.9 Å². The van der Waals surface area contributed by atoms with Crippen molar-refractivity contribution in [2.45, 2.75) is 0 Å². The maximum absolute atomic E-state index is 11.0. The van der Waals surface area contributed by atoms with E-state index in [1.807, 2.05) is 0 Å². The Morgan fingerprint density at radius 1 is 1.60 bits per heavy atom. The van der Waals surface area contributed by atoms with E-state index < -0.39 is 5.56 Å². The van der Waals surface area contributed by atoms with Crippen molar-refractivity contribution in [2.75, 3.05) is 31.7 Å². The largest absolute Gasteiger partial charge is 0.394 e. The maximum atomic E-state index is 11.0. The molecule has 3 N–H and O–H groups in total. The summed E-state index contributed by atoms with van der Waals surface area (Å²) in [7, 11) is 0. The van der Waals surface area contributed by atoms with Crippen LogP contribution in [0.1, 0.15) is 0 Å². The van der Waals surface area contributed by atoms with Crippen LogP contribution in [0.4, 0.5) is 5.69 Å². The molecule has 1 aromatic heterocycles. The molecule has 6 nitrogen and oxygen atoms in total. The van der Waals surface area contributed by atoms with E-state index >= 15 is 0 Å². The summed E-state index contributed by atoms with van der Waals surface area (Å²) in [6.45, 7) is 1.20. The van der Waals surface area contributed by atoms with Gasteiger partial charge >= 0.3 is 0 Å². The van der Waals surface area contributed by atoms with E-state index in [1.165, 1.54) is 6.20 Å². The number of anilines is 1. The van der Waals surface area contributed by atoms with Gasteiger partial charge in [0.05, 0.1) is 31.7 Å². The van der Waals surface area contributed by atoms with Crippen LogP contribution in [0.25, 0.3) is 0 Å². The second-order valence-electron chi connectivity index (χ2n) is 2.69.